The van der Waals surface area contributed by atoms with E-state index >= 15 is 0 Å². The summed E-state index contributed by atoms with van der Waals surface area (Å²) >= 11 is 0. The molecule has 0 amide bonds. The molecule has 2 heteroatoms. The molecule has 7 aromatic rings. The first-order chi connectivity index (χ1) is 27.8. The van der Waals surface area contributed by atoms with E-state index in [9.17, 15) is 0 Å². The van der Waals surface area contributed by atoms with E-state index in [1.165, 1.54) is 106 Å². The van der Waals surface area contributed by atoms with Gasteiger partial charge in [0, 0.05) is 32.9 Å². The van der Waals surface area contributed by atoms with Crippen LogP contribution in [-0.2, 0) is 0 Å². The van der Waals surface area contributed by atoms with Crippen molar-refractivity contribution in [3.8, 4) is 11.4 Å². The van der Waals surface area contributed by atoms with Crippen LogP contribution in [0.3, 0.4) is 0 Å². The largest absolute Gasteiger partial charge is 0.309 e. The molecule has 6 saturated carbocycles. The summed E-state index contributed by atoms with van der Waals surface area (Å²) in [6.45, 7) is 0. The van der Waals surface area contributed by atoms with Crippen LogP contribution in [0.5, 0.6) is 0 Å². The van der Waals surface area contributed by atoms with E-state index in [0.29, 0.717) is 5.92 Å². The standard InChI is InChI=1S/C54H56N2/c1-2-12-35(13-3-1)55-51-28-25-34(31-47(51)48-32-36(26-29-52(48)55)56-49-22-8-6-16-40(49)41-17-7-9-23-50(41)56)33-24-27-39-44-20-10-18-42-37-14-4-5-15-38(37)43-19-11-21-45(46(39)30-33)54(43)53(42)44/h1-3,6-9,12-13,16-17,22-23,25-26,28-29,31-33,37-39,42-46,53-54H,4-5,10-11,14-15,18-21,24,27,30H2. The van der Waals surface area contributed by atoms with Gasteiger partial charge in [-0.15, -0.1) is 0 Å². The van der Waals surface area contributed by atoms with Crippen LogP contribution in [0.15, 0.2) is 115 Å². The van der Waals surface area contributed by atoms with Gasteiger partial charge in [0.25, 0.3) is 0 Å². The van der Waals surface area contributed by atoms with Gasteiger partial charge in [0.1, 0.15) is 0 Å². The summed E-state index contributed by atoms with van der Waals surface area (Å²) in [7, 11) is 0. The zero-order chi connectivity index (χ0) is 36.5. The molecule has 2 aromatic heterocycles. The van der Waals surface area contributed by atoms with E-state index in [2.05, 4.69) is 124 Å². The van der Waals surface area contributed by atoms with Crippen molar-refractivity contribution in [3.05, 3.63) is 121 Å². The van der Waals surface area contributed by atoms with Gasteiger partial charge < -0.3 is 9.13 Å². The van der Waals surface area contributed by atoms with Crippen LogP contribution in [-0.4, -0.2) is 9.13 Å². The summed E-state index contributed by atoms with van der Waals surface area (Å²) < 4.78 is 5.01. The van der Waals surface area contributed by atoms with Gasteiger partial charge in [-0.1, -0.05) is 86.3 Å². The Hall–Kier alpha value is -4.30. The molecule has 13 rings (SSSR count). The van der Waals surface area contributed by atoms with Gasteiger partial charge in [0.05, 0.1) is 22.1 Å². The van der Waals surface area contributed by atoms with Gasteiger partial charge in [0.15, 0.2) is 0 Å². The lowest BCUT2D eigenvalue weighted by molar-refractivity contribution is -0.188. The lowest BCUT2D eigenvalue weighted by Crippen LogP contribution is -2.61. The maximum Gasteiger partial charge on any atom is 0.0542 e. The zero-order valence-corrected chi connectivity index (χ0v) is 32.9. The number of fused-ring (bicyclic) bond motifs is 12. The molecule has 11 unspecified atom stereocenters. The molecular formula is C54H56N2. The fraction of sp³-hybridized carbons (Fsp3) is 0.444. The molecule has 282 valence electrons. The van der Waals surface area contributed by atoms with Gasteiger partial charge in [-0.2, -0.15) is 0 Å². The Morgan fingerprint density at radius 1 is 0.339 bits per heavy atom. The molecule has 0 radical (unpaired) electrons. The normalized spacial score (nSPS) is 33.7. The summed E-state index contributed by atoms with van der Waals surface area (Å²) in [5.41, 5.74) is 9.28. The predicted molar refractivity (Wildman–Crippen MR) is 233 cm³/mol. The summed E-state index contributed by atoms with van der Waals surface area (Å²) in [6.07, 6.45) is 19.8. The SMILES string of the molecule is c1ccc(-n2c3ccc(C4CCC5C(C4)C4CCCC6C7CCCCC7C7CCCC5C7C64)cc3c3cc(-n4c5ccccc5c5ccccc54)ccc32)cc1. The molecule has 56 heavy (non-hydrogen) atoms. The highest BCUT2D eigenvalue weighted by Gasteiger charge is 2.62. The van der Waals surface area contributed by atoms with Crippen LogP contribution in [0.2, 0.25) is 0 Å². The molecule has 6 aliphatic carbocycles. The van der Waals surface area contributed by atoms with E-state index in [0.717, 1.165) is 59.2 Å². The van der Waals surface area contributed by atoms with Crippen molar-refractivity contribution in [1.29, 1.82) is 0 Å². The van der Waals surface area contributed by atoms with Crippen molar-refractivity contribution in [1.82, 2.24) is 9.13 Å². The summed E-state index contributed by atoms with van der Waals surface area (Å²) in [4.78, 5) is 0. The van der Waals surface area contributed by atoms with E-state index in [-0.39, 0.29) is 0 Å². The summed E-state index contributed by atoms with van der Waals surface area (Å²) in [5, 5.41) is 5.42. The second kappa shape index (κ2) is 12.6. The van der Waals surface area contributed by atoms with Crippen LogP contribution in [0, 0.1) is 59.2 Å². The third kappa shape index (κ3) is 4.62. The predicted octanol–water partition coefficient (Wildman–Crippen LogP) is 14.3. The van der Waals surface area contributed by atoms with Crippen LogP contribution >= 0.6 is 0 Å². The van der Waals surface area contributed by atoms with Gasteiger partial charge >= 0.3 is 0 Å². The minimum Gasteiger partial charge on any atom is -0.309 e. The lowest BCUT2D eigenvalue weighted by atomic mass is 9.37. The Balaban J connectivity index is 0.922. The Morgan fingerprint density at radius 2 is 0.839 bits per heavy atom. The number of rotatable bonds is 3. The maximum absolute atomic E-state index is 2.66. The molecule has 2 nitrogen and oxygen atoms in total. The number of hydrogen-bond donors (Lipinski definition) is 0. The van der Waals surface area contributed by atoms with Crippen LogP contribution in [0.1, 0.15) is 95.0 Å². The highest BCUT2D eigenvalue weighted by Crippen LogP contribution is 2.69. The molecule has 0 N–H and O–H groups in total. The molecule has 0 spiro atoms. The van der Waals surface area contributed by atoms with Crippen molar-refractivity contribution in [2.75, 3.05) is 0 Å². The number of hydrogen-bond acceptors (Lipinski definition) is 0. The van der Waals surface area contributed by atoms with Crippen molar-refractivity contribution < 1.29 is 0 Å². The van der Waals surface area contributed by atoms with Crippen molar-refractivity contribution >= 4 is 43.6 Å². The Labute approximate surface area is 332 Å². The van der Waals surface area contributed by atoms with Gasteiger partial charge in [0.2, 0.25) is 0 Å². The number of benzene rings is 5. The maximum atomic E-state index is 2.66. The van der Waals surface area contributed by atoms with Crippen molar-refractivity contribution in [2.24, 2.45) is 59.2 Å². The highest BCUT2D eigenvalue weighted by molar-refractivity contribution is 6.12. The average molecular weight is 733 g/mol. The first-order valence-electron chi connectivity index (χ1n) is 22.9. The Kier molecular flexibility index (Phi) is 7.37. The molecule has 11 atom stereocenters. The number of nitrogens with zero attached hydrogens (tertiary/aromatic N) is 2. The van der Waals surface area contributed by atoms with Gasteiger partial charge in [-0.25, -0.2) is 0 Å². The fourth-order valence-corrected chi connectivity index (χ4v) is 16.0. The van der Waals surface area contributed by atoms with Gasteiger partial charge in [-0.05, 0) is 183 Å². The van der Waals surface area contributed by atoms with Crippen molar-refractivity contribution in [3.63, 3.8) is 0 Å². The third-order valence-corrected chi connectivity index (χ3v) is 17.7. The number of para-hydroxylation sites is 3. The minimum absolute atomic E-state index is 0.679. The van der Waals surface area contributed by atoms with E-state index < -0.39 is 0 Å². The summed E-state index contributed by atoms with van der Waals surface area (Å²) in [5.74, 6) is 11.1. The highest BCUT2D eigenvalue weighted by atomic mass is 15.0. The van der Waals surface area contributed by atoms with Crippen LogP contribution in [0.4, 0.5) is 0 Å². The van der Waals surface area contributed by atoms with E-state index in [1.54, 1.807) is 37.7 Å². The minimum atomic E-state index is 0.679. The summed E-state index contributed by atoms with van der Waals surface area (Å²) in [6, 6.07) is 43.9. The second-order valence-electron chi connectivity index (χ2n) is 19.6. The zero-order valence-electron chi connectivity index (χ0n) is 32.9. The second-order valence-corrected chi connectivity index (χ2v) is 19.6. The van der Waals surface area contributed by atoms with Crippen LogP contribution < -0.4 is 0 Å². The molecule has 6 fully saturated rings. The van der Waals surface area contributed by atoms with E-state index in [4.69, 9.17) is 0 Å². The topological polar surface area (TPSA) is 9.86 Å². The van der Waals surface area contributed by atoms with Crippen molar-refractivity contribution in [2.45, 2.75) is 89.4 Å². The van der Waals surface area contributed by atoms with Crippen LogP contribution in [0.25, 0.3) is 55.0 Å². The molecule has 2 heterocycles. The molecular weight excluding hydrogens is 677 g/mol. The molecule has 6 aliphatic rings. The first kappa shape index (κ1) is 32.8. The first-order valence-corrected chi connectivity index (χ1v) is 22.9. The number of aromatic nitrogens is 2. The quantitative estimate of drug-likeness (QED) is 0.171. The molecule has 0 aliphatic heterocycles. The lowest BCUT2D eigenvalue weighted by Gasteiger charge is -2.67. The van der Waals surface area contributed by atoms with Gasteiger partial charge in [-0.3, -0.25) is 0 Å². The Bertz CT molecular complexity index is 2570. The molecule has 0 bridgehead atoms. The fourth-order valence-electron chi connectivity index (χ4n) is 16.0. The monoisotopic (exact) mass is 732 g/mol. The average Bonchev–Trinajstić information content (AvgIpc) is 3.78. The molecule has 0 saturated heterocycles. The Morgan fingerprint density at radius 3 is 1.50 bits per heavy atom. The van der Waals surface area contributed by atoms with E-state index in [1.807, 2.05) is 0 Å². The third-order valence-electron chi connectivity index (χ3n) is 17.7. The molecule has 5 aromatic carbocycles. The smallest absolute Gasteiger partial charge is 0.0542 e.